The molecule has 0 aliphatic carbocycles. The summed E-state index contributed by atoms with van der Waals surface area (Å²) in [5.41, 5.74) is 3.99. The van der Waals surface area contributed by atoms with Crippen LogP contribution in [-0.2, 0) is 12.5 Å². The summed E-state index contributed by atoms with van der Waals surface area (Å²) < 4.78 is 104. The third-order valence-corrected chi connectivity index (χ3v) is 3.93. The Kier molecular flexibility index (Phi) is 5.21. The van der Waals surface area contributed by atoms with Crippen molar-refractivity contribution in [2.45, 2.75) is 37.8 Å². The van der Waals surface area contributed by atoms with Crippen molar-refractivity contribution in [1.29, 1.82) is 0 Å². The molecule has 1 unspecified atom stereocenters. The van der Waals surface area contributed by atoms with E-state index < -0.39 is 42.2 Å². The van der Waals surface area contributed by atoms with Crippen LogP contribution in [0.4, 0.5) is 40.8 Å². The predicted octanol–water partition coefficient (Wildman–Crippen LogP) is 4.68. The van der Waals surface area contributed by atoms with E-state index in [1.54, 1.807) is 6.92 Å². The van der Waals surface area contributed by atoms with Crippen LogP contribution in [0.2, 0.25) is 0 Å². The molecule has 0 aliphatic rings. The van der Waals surface area contributed by atoms with Crippen LogP contribution in [0.25, 0.3) is 0 Å². The van der Waals surface area contributed by atoms with Crippen LogP contribution in [0.3, 0.4) is 0 Å². The molecule has 27 heavy (non-hydrogen) atoms. The molecule has 0 spiro atoms. The van der Waals surface area contributed by atoms with E-state index in [0.29, 0.717) is 21.4 Å². The smallest absolute Gasteiger partial charge is 0.399 e. The number of nitrogens with zero attached hydrogens (tertiary/aromatic N) is 1. The van der Waals surface area contributed by atoms with Gasteiger partial charge in [-0.25, -0.2) is 0 Å². The van der Waals surface area contributed by atoms with Gasteiger partial charge in [0.1, 0.15) is 0 Å². The van der Waals surface area contributed by atoms with E-state index in [0.717, 1.165) is 0 Å². The molecule has 0 amide bonds. The summed E-state index contributed by atoms with van der Waals surface area (Å²) in [7, 11) is 0. The van der Waals surface area contributed by atoms with E-state index in [9.17, 15) is 40.2 Å². The minimum atomic E-state index is -6.00. The minimum Gasteiger partial charge on any atom is -0.399 e. The molecule has 3 nitrogen and oxygen atoms in total. The van der Waals surface area contributed by atoms with Gasteiger partial charge >= 0.3 is 18.3 Å². The Hall–Kier alpha value is -2.30. The molecule has 0 bridgehead atoms. The second kappa shape index (κ2) is 6.70. The third-order valence-electron chi connectivity index (χ3n) is 3.93. The SMILES string of the molecule is Cc1cc(Cn2cc(C(F)(F)C(F)(F)F)cc2C(O)C(F)(F)F)ccc1N. The number of aliphatic hydroxyl groups is 1. The maximum absolute atomic E-state index is 13.6. The van der Waals surface area contributed by atoms with Gasteiger partial charge in [-0.3, -0.25) is 0 Å². The Bertz CT molecular complexity index is 823. The lowest BCUT2D eigenvalue weighted by atomic mass is 10.1. The molecular weight excluding hydrogens is 388 g/mol. The molecule has 150 valence electrons. The predicted molar refractivity (Wildman–Crippen MR) is 80.1 cm³/mol. The Balaban J connectivity index is 2.55. The number of aryl methyl sites for hydroxylation is 1. The molecule has 0 radical (unpaired) electrons. The highest BCUT2D eigenvalue weighted by Gasteiger charge is 2.59. The molecule has 1 atom stereocenters. The zero-order valence-corrected chi connectivity index (χ0v) is 13.7. The highest BCUT2D eigenvalue weighted by atomic mass is 19.4. The van der Waals surface area contributed by atoms with Gasteiger partial charge in [0.05, 0.1) is 5.69 Å². The molecule has 2 aromatic rings. The second-order valence-electron chi connectivity index (χ2n) is 5.99. The van der Waals surface area contributed by atoms with Crippen LogP contribution in [-0.4, -0.2) is 22.0 Å². The van der Waals surface area contributed by atoms with Crippen LogP contribution in [0.15, 0.2) is 30.5 Å². The van der Waals surface area contributed by atoms with Gasteiger partial charge in [0.2, 0.25) is 0 Å². The first-order valence-corrected chi connectivity index (χ1v) is 7.39. The number of aliphatic hydroxyl groups excluding tert-OH is 1. The lowest BCUT2D eigenvalue weighted by Gasteiger charge is -2.18. The number of benzene rings is 1. The summed E-state index contributed by atoms with van der Waals surface area (Å²) in [6.07, 6.45) is -14.2. The van der Waals surface area contributed by atoms with Crippen LogP contribution in [0.5, 0.6) is 0 Å². The number of nitrogens with two attached hydrogens (primary N) is 1. The van der Waals surface area contributed by atoms with Crippen molar-refractivity contribution in [2.75, 3.05) is 5.73 Å². The van der Waals surface area contributed by atoms with Crippen molar-refractivity contribution in [2.24, 2.45) is 0 Å². The minimum absolute atomic E-state index is 0.00973. The van der Waals surface area contributed by atoms with Crippen LogP contribution in [0.1, 0.15) is 28.5 Å². The molecule has 0 saturated carbocycles. The van der Waals surface area contributed by atoms with Gasteiger partial charge < -0.3 is 15.4 Å². The van der Waals surface area contributed by atoms with Gasteiger partial charge in [0, 0.05) is 24.0 Å². The average Bonchev–Trinajstić information content (AvgIpc) is 2.92. The topological polar surface area (TPSA) is 51.2 Å². The number of anilines is 1. The monoisotopic (exact) mass is 402 g/mol. The van der Waals surface area contributed by atoms with E-state index in [2.05, 4.69) is 0 Å². The fourth-order valence-electron chi connectivity index (χ4n) is 2.43. The quantitative estimate of drug-likeness (QED) is 0.577. The molecule has 2 rings (SSSR count). The lowest BCUT2D eigenvalue weighted by Crippen LogP contribution is -2.33. The first-order chi connectivity index (χ1) is 12.1. The van der Waals surface area contributed by atoms with E-state index in [1.165, 1.54) is 18.2 Å². The molecule has 0 aliphatic heterocycles. The summed E-state index contributed by atoms with van der Waals surface area (Å²) in [6, 6.07) is 4.25. The van der Waals surface area contributed by atoms with Gasteiger partial charge in [-0.05, 0) is 30.2 Å². The van der Waals surface area contributed by atoms with Gasteiger partial charge in [-0.15, -0.1) is 0 Å². The number of rotatable bonds is 4. The highest BCUT2D eigenvalue weighted by molar-refractivity contribution is 5.47. The normalized spacial score (nSPS) is 14.4. The Morgan fingerprint density at radius 1 is 1.04 bits per heavy atom. The van der Waals surface area contributed by atoms with Gasteiger partial charge in [-0.1, -0.05) is 12.1 Å². The summed E-state index contributed by atoms with van der Waals surface area (Å²) in [5.74, 6) is -5.38. The molecular formula is C16H14F8N2O. The van der Waals surface area contributed by atoms with Crippen LogP contribution >= 0.6 is 0 Å². The van der Waals surface area contributed by atoms with Crippen molar-refractivity contribution in [1.82, 2.24) is 4.57 Å². The molecule has 3 N–H and O–H groups in total. The molecule has 0 fully saturated rings. The van der Waals surface area contributed by atoms with Crippen LogP contribution < -0.4 is 5.73 Å². The number of aromatic nitrogens is 1. The molecule has 1 aromatic carbocycles. The molecule has 1 aromatic heterocycles. The lowest BCUT2D eigenvalue weighted by molar-refractivity contribution is -0.289. The van der Waals surface area contributed by atoms with E-state index in [-0.39, 0.29) is 12.3 Å². The van der Waals surface area contributed by atoms with Crippen molar-refractivity contribution >= 4 is 5.69 Å². The molecule has 0 saturated heterocycles. The third kappa shape index (κ3) is 4.18. The van der Waals surface area contributed by atoms with Crippen molar-refractivity contribution in [3.8, 4) is 0 Å². The van der Waals surface area contributed by atoms with Crippen LogP contribution in [0, 0.1) is 6.92 Å². The van der Waals surface area contributed by atoms with E-state index in [1.807, 2.05) is 0 Å². The van der Waals surface area contributed by atoms with E-state index >= 15 is 0 Å². The number of hydrogen-bond donors (Lipinski definition) is 2. The number of halogens is 8. The second-order valence-corrected chi connectivity index (χ2v) is 5.99. The van der Waals surface area contributed by atoms with Gasteiger partial charge in [-0.2, -0.15) is 35.1 Å². The fraction of sp³-hybridized carbons (Fsp3) is 0.375. The zero-order chi connectivity index (χ0) is 20.8. The maximum Gasteiger partial charge on any atom is 0.458 e. The van der Waals surface area contributed by atoms with Gasteiger partial charge in [0.25, 0.3) is 0 Å². The molecule has 1 heterocycles. The number of alkyl halides is 8. The summed E-state index contributed by atoms with van der Waals surface area (Å²) in [5, 5.41) is 9.40. The van der Waals surface area contributed by atoms with Crippen molar-refractivity contribution in [3.63, 3.8) is 0 Å². The maximum atomic E-state index is 13.6. The Morgan fingerprint density at radius 2 is 1.63 bits per heavy atom. The van der Waals surface area contributed by atoms with Crippen molar-refractivity contribution < 1.29 is 40.2 Å². The Labute approximate surface area is 148 Å². The van der Waals surface area contributed by atoms with Crippen molar-refractivity contribution in [3.05, 3.63) is 52.8 Å². The molecule has 11 heteroatoms. The zero-order valence-electron chi connectivity index (χ0n) is 13.7. The number of nitrogen functional groups attached to an aromatic ring is 1. The highest BCUT2D eigenvalue weighted by Crippen LogP contribution is 2.45. The first kappa shape index (κ1) is 21.0. The fourth-order valence-corrected chi connectivity index (χ4v) is 2.43. The van der Waals surface area contributed by atoms with E-state index in [4.69, 9.17) is 5.73 Å². The largest absolute Gasteiger partial charge is 0.458 e. The summed E-state index contributed by atoms with van der Waals surface area (Å²) in [6.45, 7) is 1.11. The van der Waals surface area contributed by atoms with Gasteiger partial charge in [0.15, 0.2) is 6.10 Å². The summed E-state index contributed by atoms with van der Waals surface area (Å²) in [4.78, 5) is 0. The average molecular weight is 402 g/mol. The first-order valence-electron chi connectivity index (χ1n) is 7.39. The summed E-state index contributed by atoms with van der Waals surface area (Å²) >= 11 is 0. The Morgan fingerprint density at radius 3 is 2.11 bits per heavy atom. The number of hydrogen-bond acceptors (Lipinski definition) is 2. The standard InChI is InChI=1S/C16H14F8N2O/c1-8-4-9(2-3-11(8)25)6-26-7-10(14(17,18)16(22,23)24)5-12(26)13(27)15(19,20)21/h2-5,7,13,27H,6,25H2,1H3.